The van der Waals surface area contributed by atoms with Crippen molar-refractivity contribution in [3.8, 4) is 5.75 Å². The van der Waals surface area contributed by atoms with Gasteiger partial charge in [0.1, 0.15) is 34.9 Å². The zero-order chi connectivity index (χ0) is 23.9. The first kappa shape index (κ1) is 22.3. The lowest BCUT2D eigenvalue weighted by molar-refractivity contribution is -0.140. The Kier molecular flexibility index (Phi) is 5.80. The highest BCUT2D eigenvalue weighted by Gasteiger charge is 2.47. The minimum absolute atomic E-state index is 0.0377. The Bertz CT molecular complexity index is 1270. The number of amides is 1. The number of ether oxygens (including phenoxy) is 1. The van der Waals surface area contributed by atoms with Crippen LogP contribution in [0.1, 0.15) is 39.8 Å². The molecule has 3 aromatic rings. The molecule has 0 spiro atoms. The van der Waals surface area contributed by atoms with Crippen LogP contribution in [0.4, 0.5) is 4.39 Å². The number of ketones is 1. The Labute approximate surface area is 190 Å². The number of benzene rings is 2. The first-order valence-electron chi connectivity index (χ1n) is 10.5. The maximum atomic E-state index is 13.4. The lowest BCUT2D eigenvalue weighted by atomic mass is 9.96. The minimum Gasteiger partial charge on any atom is -0.507 e. The van der Waals surface area contributed by atoms with E-state index in [4.69, 9.17) is 9.15 Å². The second-order valence-electron chi connectivity index (χ2n) is 8.16. The van der Waals surface area contributed by atoms with E-state index in [2.05, 4.69) is 0 Å². The van der Waals surface area contributed by atoms with Gasteiger partial charge in [0.2, 0.25) is 0 Å². The van der Waals surface area contributed by atoms with Crippen molar-refractivity contribution >= 4 is 17.4 Å². The number of Topliss-reactive ketones (excluding diaryl/α,β-unsaturated/α-hetero) is 1. The number of hydrogen-bond acceptors (Lipinski definition) is 5. The Morgan fingerprint density at radius 1 is 1.09 bits per heavy atom. The van der Waals surface area contributed by atoms with Gasteiger partial charge in [-0.05, 0) is 67.8 Å². The number of rotatable bonds is 5. The molecule has 1 amide bonds. The van der Waals surface area contributed by atoms with Crippen LogP contribution < -0.4 is 4.74 Å². The SMILES string of the molecule is COc1c(C)cc(C)cc1/C(O)=C1\C(=O)C(=O)N(Cc2ccc(F)cc2)C1c1ccc(C)o1. The first-order chi connectivity index (χ1) is 15.7. The van der Waals surface area contributed by atoms with Gasteiger partial charge in [0.25, 0.3) is 11.7 Å². The average Bonchev–Trinajstić information content (AvgIpc) is 3.30. The van der Waals surface area contributed by atoms with E-state index in [1.807, 2.05) is 19.9 Å². The summed E-state index contributed by atoms with van der Waals surface area (Å²) < 4.78 is 24.7. The monoisotopic (exact) mass is 449 g/mol. The van der Waals surface area contributed by atoms with Crippen LogP contribution in [0.2, 0.25) is 0 Å². The van der Waals surface area contributed by atoms with Gasteiger partial charge in [0.05, 0.1) is 18.2 Å². The quantitative estimate of drug-likeness (QED) is 0.338. The Balaban J connectivity index is 1.90. The van der Waals surface area contributed by atoms with Crippen LogP contribution >= 0.6 is 0 Å². The smallest absolute Gasteiger partial charge is 0.296 e. The van der Waals surface area contributed by atoms with E-state index in [0.29, 0.717) is 28.4 Å². The zero-order valence-corrected chi connectivity index (χ0v) is 18.8. The van der Waals surface area contributed by atoms with E-state index in [0.717, 1.165) is 11.1 Å². The molecule has 0 saturated carbocycles. The van der Waals surface area contributed by atoms with Gasteiger partial charge >= 0.3 is 0 Å². The second-order valence-corrected chi connectivity index (χ2v) is 8.16. The molecule has 0 aliphatic carbocycles. The van der Waals surface area contributed by atoms with Gasteiger partial charge in [0.15, 0.2) is 0 Å². The van der Waals surface area contributed by atoms with Crippen LogP contribution in [-0.2, 0) is 16.1 Å². The lowest BCUT2D eigenvalue weighted by Crippen LogP contribution is -2.29. The van der Waals surface area contributed by atoms with E-state index in [-0.39, 0.29) is 17.9 Å². The topological polar surface area (TPSA) is 80.0 Å². The van der Waals surface area contributed by atoms with E-state index in [1.54, 1.807) is 37.3 Å². The Hall–Kier alpha value is -3.87. The zero-order valence-electron chi connectivity index (χ0n) is 18.8. The number of aliphatic hydroxyl groups is 1. The van der Waals surface area contributed by atoms with E-state index in [9.17, 15) is 19.1 Å². The number of aryl methyl sites for hydroxylation is 3. The molecule has 170 valence electrons. The van der Waals surface area contributed by atoms with Crippen molar-refractivity contribution in [2.75, 3.05) is 7.11 Å². The van der Waals surface area contributed by atoms with Gasteiger partial charge in [-0.25, -0.2) is 4.39 Å². The molecule has 1 N–H and O–H groups in total. The van der Waals surface area contributed by atoms with Crippen molar-refractivity contribution in [1.29, 1.82) is 0 Å². The molecule has 1 aromatic heterocycles. The molecule has 1 saturated heterocycles. The summed E-state index contributed by atoms with van der Waals surface area (Å²) in [5, 5.41) is 11.3. The number of hydrogen-bond donors (Lipinski definition) is 1. The Morgan fingerprint density at radius 3 is 2.39 bits per heavy atom. The lowest BCUT2D eigenvalue weighted by Gasteiger charge is -2.23. The Morgan fingerprint density at radius 2 is 1.79 bits per heavy atom. The standard InChI is InChI=1S/C26H24FNO5/c1-14-11-15(2)25(32-4)19(12-14)23(29)21-22(20-10-5-16(3)33-20)28(26(31)24(21)30)13-17-6-8-18(27)9-7-17/h5-12,22,29H,13H2,1-4H3/b23-21+. The first-order valence-corrected chi connectivity index (χ1v) is 10.5. The van der Waals surface area contributed by atoms with Crippen molar-refractivity contribution < 1.29 is 28.2 Å². The van der Waals surface area contributed by atoms with Crippen molar-refractivity contribution in [2.24, 2.45) is 0 Å². The van der Waals surface area contributed by atoms with Crippen LogP contribution in [0.3, 0.4) is 0 Å². The molecule has 0 bridgehead atoms. The normalized spacial score (nSPS) is 17.6. The number of nitrogens with zero attached hydrogens (tertiary/aromatic N) is 1. The second kappa shape index (κ2) is 8.58. The van der Waals surface area contributed by atoms with E-state index < -0.39 is 23.5 Å². The molecular formula is C26H24FNO5. The number of methoxy groups -OCH3 is 1. The minimum atomic E-state index is -0.950. The van der Waals surface area contributed by atoms with Crippen molar-refractivity contribution in [1.82, 2.24) is 4.90 Å². The van der Waals surface area contributed by atoms with Crippen molar-refractivity contribution in [2.45, 2.75) is 33.4 Å². The number of aliphatic hydroxyl groups excluding tert-OH is 1. The third kappa shape index (κ3) is 4.02. The third-order valence-electron chi connectivity index (χ3n) is 5.71. The molecule has 2 aromatic carbocycles. The summed E-state index contributed by atoms with van der Waals surface area (Å²) in [5.41, 5.74) is 2.52. The predicted molar refractivity (Wildman–Crippen MR) is 120 cm³/mol. The molecular weight excluding hydrogens is 425 g/mol. The fraction of sp³-hybridized carbons (Fsp3) is 0.231. The largest absolute Gasteiger partial charge is 0.507 e. The third-order valence-corrected chi connectivity index (χ3v) is 5.71. The van der Waals surface area contributed by atoms with E-state index >= 15 is 0 Å². The van der Waals surface area contributed by atoms with Crippen LogP contribution in [0.5, 0.6) is 5.75 Å². The maximum absolute atomic E-state index is 13.4. The summed E-state index contributed by atoms with van der Waals surface area (Å²) in [6.07, 6.45) is 0. The van der Waals surface area contributed by atoms with Crippen LogP contribution in [0.15, 0.2) is 58.5 Å². The highest BCUT2D eigenvalue weighted by molar-refractivity contribution is 6.46. The average molecular weight is 449 g/mol. The molecule has 2 heterocycles. The number of carbonyl (C=O) groups excluding carboxylic acids is 2. The van der Waals surface area contributed by atoms with Crippen molar-refractivity contribution in [3.05, 3.63) is 93.7 Å². The van der Waals surface area contributed by atoms with Crippen molar-refractivity contribution in [3.63, 3.8) is 0 Å². The molecule has 1 fully saturated rings. The van der Waals surface area contributed by atoms with Crippen LogP contribution in [-0.4, -0.2) is 28.8 Å². The van der Waals surface area contributed by atoms with Gasteiger partial charge in [0, 0.05) is 6.54 Å². The fourth-order valence-corrected chi connectivity index (χ4v) is 4.27. The summed E-state index contributed by atoms with van der Waals surface area (Å²) >= 11 is 0. The number of halogens is 1. The van der Waals surface area contributed by atoms with Crippen LogP contribution in [0, 0.1) is 26.6 Å². The molecule has 4 rings (SSSR count). The molecule has 1 unspecified atom stereocenters. The number of likely N-dealkylation sites (tertiary alicyclic amines) is 1. The molecule has 33 heavy (non-hydrogen) atoms. The van der Waals surface area contributed by atoms with Gasteiger partial charge in [-0.2, -0.15) is 0 Å². The highest BCUT2D eigenvalue weighted by Crippen LogP contribution is 2.42. The highest BCUT2D eigenvalue weighted by atomic mass is 19.1. The molecule has 1 atom stereocenters. The molecule has 6 nitrogen and oxygen atoms in total. The van der Waals surface area contributed by atoms with Gasteiger partial charge in [-0.3, -0.25) is 9.59 Å². The molecule has 1 aliphatic rings. The molecule has 7 heteroatoms. The predicted octanol–water partition coefficient (Wildman–Crippen LogP) is 4.97. The van der Waals surface area contributed by atoms with Gasteiger partial charge < -0.3 is 19.2 Å². The van der Waals surface area contributed by atoms with E-state index in [1.165, 1.54) is 24.1 Å². The summed E-state index contributed by atoms with van der Waals surface area (Å²) in [5.74, 6) is -0.978. The van der Waals surface area contributed by atoms with Gasteiger partial charge in [-0.15, -0.1) is 0 Å². The summed E-state index contributed by atoms with van der Waals surface area (Å²) in [6, 6.07) is 11.7. The molecule has 0 radical (unpaired) electrons. The molecule has 1 aliphatic heterocycles. The number of furan rings is 1. The van der Waals surface area contributed by atoms with Crippen LogP contribution in [0.25, 0.3) is 5.76 Å². The maximum Gasteiger partial charge on any atom is 0.296 e. The summed E-state index contributed by atoms with van der Waals surface area (Å²) in [7, 11) is 1.48. The van der Waals surface area contributed by atoms with Gasteiger partial charge in [-0.1, -0.05) is 18.2 Å². The fourth-order valence-electron chi connectivity index (χ4n) is 4.27. The summed E-state index contributed by atoms with van der Waals surface area (Å²) in [6.45, 7) is 5.49. The number of carbonyl (C=O) groups is 2. The summed E-state index contributed by atoms with van der Waals surface area (Å²) in [4.78, 5) is 27.6.